The Hall–Kier alpha value is -3.29. The van der Waals surface area contributed by atoms with E-state index in [0.29, 0.717) is 38.7 Å². The minimum atomic E-state index is -0.445. The number of primary amides is 1. The van der Waals surface area contributed by atoms with Gasteiger partial charge in [0.15, 0.2) is 17.5 Å². The van der Waals surface area contributed by atoms with Gasteiger partial charge in [-0.25, -0.2) is 4.39 Å². The summed E-state index contributed by atoms with van der Waals surface area (Å²) in [5.74, 6) is 0.870. The predicted molar refractivity (Wildman–Crippen MR) is 125 cm³/mol. The van der Waals surface area contributed by atoms with Crippen LogP contribution >= 0.6 is 0 Å². The number of nitrogens with two attached hydrogens (primary N) is 1. The Morgan fingerprint density at radius 1 is 1.03 bits per heavy atom. The Morgan fingerprint density at radius 3 is 2.31 bits per heavy atom. The number of carbonyl (C=O) groups excluding carboxylic acids is 1. The number of carbonyl (C=O) groups is 1. The molecule has 0 aliphatic carbocycles. The zero-order chi connectivity index (χ0) is 23.3. The van der Waals surface area contributed by atoms with Crippen LogP contribution in [0.2, 0.25) is 0 Å². The van der Waals surface area contributed by atoms with Crippen molar-refractivity contribution in [1.29, 1.82) is 0 Å². The minimum absolute atomic E-state index is 0.312. The van der Waals surface area contributed by atoms with E-state index in [1.54, 1.807) is 19.2 Å². The van der Waals surface area contributed by atoms with Gasteiger partial charge in [0.2, 0.25) is 5.91 Å². The van der Waals surface area contributed by atoms with Crippen LogP contribution in [0, 0.1) is 11.7 Å². The molecule has 0 fully saturated rings. The van der Waals surface area contributed by atoms with Crippen LogP contribution in [-0.2, 0) is 17.6 Å². The van der Waals surface area contributed by atoms with E-state index in [1.807, 2.05) is 32.0 Å². The molecule has 0 saturated carbocycles. The van der Waals surface area contributed by atoms with E-state index >= 15 is 0 Å². The van der Waals surface area contributed by atoms with Crippen LogP contribution in [0.4, 0.5) is 4.39 Å². The third kappa shape index (κ3) is 8.09. The molecule has 174 valence electrons. The summed E-state index contributed by atoms with van der Waals surface area (Å²) in [4.78, 5) is 16.1. The van der Waals surface area contributed by atoms with Gasteiger partial charge in [0.05, 0.1) is 19.1 Å². The molecule has 0 aliphatic heterocycles. The lowest BCUT2D eigenvalue weighted by molar-refractivity contribution is -0.121. The molecule has 0 aromatic heterocycles. The largest absolute Gasteiger partial charge is 0.490 e. The zero-order valence-electron chi connectivity index (χ0n) is 19.0. The number of guanidine groups is 1. The summed E-state index contributed by atoms with van der Waals surface area (Å²) in [5, 5.41) is 6.39. The van der Waals surface area contributed by atoms with Crippen molar-refractivity contribution in [2.24, 2.45) is 16.6 Å². The predicted octanol–water partition coefficient (Wildman–Crippen LogP) is 2.67. The fourth-order valence-electron chi connectivity index (χ4n) is 3.20. The Bertz CT molecular complexity index is 887. The molecule has 1 amide bonds. The summed E-state index contributed by atoms with van der Waals surface area (Å²) in [7, 11) is 1.67. The van der Waals surface area contributed by atoms with Gasteiger partial charge in [-0.3, -0.25) is 9.79 Å². The molecule has 1 unspecified atom stereocenters. The van der Waals surface area contributed by atoms with Gasteiger partial charge in [0.1, 0.15) is 5.82 Å². The van der Waals surface area contributed by atoms with Crippen LogP contribution in [-0.4, -0.2) is 45.2 Å². The molecule has 0 heterocycles. The van der Waals surface area contributed by atoms with Crippen molar-refractivity contribution < 1.29 is 18.7 Å². The second-order valence-corrected chi connectivity index (χ2v) is 7.21. The Balaban J connectivity index is 1.87. The topological polar surface area (TPSA) is 98.0 Å². The first-order chi connectivity index (χ1) is 15.5. The van der Waals surface area contributed by atoms with Gasteiger partial charge < -0.3 is 25.8 Å². The third-order valence-electron chi connectivity index (χ3n) is 4.85. The summed E-state index contributed by atoms with van der Waals surface area (Å²) in [6, 6.07) is 12.0. The molecule has 32 heavy (non-hydrogen) atoms. The van der Waals surface area contributed by atoms with Crippen molar-refractivity contribution in [2.45, 2.75) is 26.7 Å². The maximum absolute atomic E-state index is 13.1. The second-order valence-electron chi connectivity index (χ2n) is 7.21. The van der Waals surface area contributed by atoms with Gasteiger partial charge in [0, 0.05) is 20.1 Å². The molecular formula is C24H33FN4O3. The highest BCUT2D eigenvalue weighted by molar-refractivity contribution is 5.81. The highest BCUT2D eigenvalue weighted by Gasteiger charge is 2.17. The highest BCUT2D eigenvalue weighted by atomic mass is 19.1. The van der Waals surface area contributed by atoms with E-state index < -0.39 is 11.8 Å². The minimum Gasteiger partial charge on any atom is -0.490 e. The number of ether oxygens (including phenoxy) is 2. The smallest absolute Gasteiger partial charge is 0.222 e. The molecule has 1 atom stereocenters. The molecule has 0 saturated heterocycles. The molecule has 2 rings (SSSR count). The van der Waals surface area contributed by atoms with Crippen molar-refractivity contribution >= 4 is 11.9 Å². The molecule has 8 heteroatoms. The van der Waals surface area contributed by atoms with Gasteiger partial charge in [-0.2, -0.15) is 0 Å². The number of aliphatic imine (C=N–C) groups is 1. The number of hydrogen-bond acceptors (Lipinski definition) is 4. The van der Waals surface area contributed by atoms with E-state index in [2.05, 4.69) is 15.6 Å². The number of rotatable bonds is 12. The van der Waals surface area contributed by atoms with Crippen molar-refractivity contribution in [2.75, 3.05) is 33.4 Å². The number of benzene rings is 2. The average Bonchev–Trinajstić information content (AvgIpc) is 2.78. The van der Waals surface area contributed by atoms with Gasteiger partial charge >= 0.3 is 0 Å². The van der Waals surface area contributed by atoms with Gasteiger partial charge in [0.25, 0.3) is 0 Å². The van der Waals surface area contributed by atoms with Crippen LogP contribution in [0.5, 0.6) is 11.5 Å². The fourth-order valence-corrected chi connectivity index (χ4v) is 3.20. The number of halogens is 1. The SMILES string of the molecule is CCOc1ccc(CCNC(=NC)NCC(Cc2ccc(F)cc2)C(N)=O)cc1OCC. The third-order valence-corrected chi connectivity index (χ3v) is 4.85. The Labute approximate surface area is 189 Å². The molecule has 7 nitrogen and oxygen atoms in total. The molecule has 0 bridgehead atoms. The van der Waals surface area contributed by atoms with Crippen LogP contribution in [0.15, 0.2) is 47.5 Å². The van der Waals surface area contributed by atoms with E-state index in [1.165, 1.54) is 12.1 Å². The first-order valence-electron chi connectivity index (χ1n) is 10.8. The van der Waals surface area contributed by atoms with E-state index in [-0.39, 0.29) is 5.82 Å². The highest BCUT2D eigenvalue weighted by Crippen LogP contribution is 2.28. The molecule has 2 aromatic carbocycles. The first-order valence-corrected chi connectivity index (χ1v) is 10.8. The van der Waals surface area contributed by atoms with Crippen molar-refractivity contribution in [1.82, 2.24) is 10.6 Å². The van der Waals surface area contributed by atoms with Crippen molar-refractivity contribution in [3.63, 3.8) is 0 Å². The van der Waals surface area contributed by atoms with Crippen LogP contribution in [0.3, 0.4) is 0 Å². The summed E-state index contributed by atoms with van der Waals surface area (Å²) in [5.41, 5.74) is 7.51. The summed E-state index contributed by atoms with van der Waals surface area (Å²) in [6.45, 7) is 5.99. The molecular weight excluding hydrogens is 411 g/mol. The van der Waals surface area contributed by atoms with E-state index in [4.69, 9.17) is 15.2 Å². The Kier molecular flexibility index (Phi) is 10.3. The molecule has 0 spiro atoms. The van der Waals surface area contributed by atoms with Crippen LogP contribution in [0.1, 0.15) is 25.0 Å². The summed E-state index contributed by atoms with van der Waals surface area (Å²) >= 11 is 0. The maximum Gasteiger partial charge on any atom is 0.222 e. The van der Waals surface area contributed by atoms with Crippen LogP contribution in [0.25, 0.3) is 0 Å². The molecule has 4 N–H and O–H groups in total. The van der Waals surface area contributed by atoms with Crippen LogP contribution < -0.4 is 25.8 Å². The second kappa shape index (κ2) is 13.2. The number of nitrogens with one attached hydrogen (secondary N) is 2. The zero-order valence-corrected chi connectivity index (χ0v) is 19.0. The molecule has 2 aromatic rings. The lowest BCUT2D eigenvalue weighted by Gasteiger charge is -2.17. The first kappa shape index (κ1) is 25.0. The Morgan fingerprint density at radius 2 is 1.69 bits per heavy atom. The summed E-state index contributed by atoms with van der Waals surface area (Å²) in [6.07, 6.45) is 1.17. The number of nitrogens with zero attached hydrogens (tertiary/aromatic N) is 1. The summed E-state index contributed by atoms with van der Waals surface area (Å²) < 4.78 is 24.4. The van der Waals surface area contributed by atoms with E-state index in [9.17, 15) is 9.18 Å². The van der Waals surface area contributed by atoms with Gasteiger partial charge in [-0.15, -0.1) is 0 Å². The quantitative estimate of drug-likeness (QED) is 0.345. The standard InChI is InChI=1S/C24H33FN4O3/c1-4-31-21-11-8-18(15-22(21)32-5-2)12-13-28-24(27-3)29-16-19(23(26)30)14-17-6-9-20(25)10-7-17/h6-11,15,19H,4-5,12-14,16H2,1-3H3,(H2,26,30)(H2,27,28,29). The number of hydrogen-bond donors (Lipinski definition) is 3. The molecule has 0 radical (unpaired) electrons. The fraction of sp³-hybridized carbons (Fsp3) is 0.417. The number of amides is 1. The van der Waals surface area contributed by atoms with Crippen molar-refractivity contribution in [3.05, 3.63) is 59.4 Å². The normalized spacial score (nSPS) is 12.2. The lowest BCUT2D eigenvalue weighted by Crippen LogP contribution is -2.43. The maximum atomic E-state index is 13.1. The lowest BCUT2D eigenvalue weighted by atomic mass is 9.98. The average molecular weight is 445 g/mol. The van der Waals surface area contributed by atoms with Gasteiger partial charge in [-0.1, -0.05) is 18.2 Å². The molecule has 0 aliphatic rings. The van der Waals surface area contributed by atoms with Gasteiger partial charge in [-0.05, 0) is 62.1 Å². The van der Waals surface area contributed by atoms with E-state index in [0.717, 1.165) is 29.0 Å². The monoisotopic (exact) mass is 444 g/mol. The van der Waals surface area contributed by atoms with Crippen molar-refractivity contribution in [3.8, 4) is 11.5 Å².